The Morgan fingerprint density at radius 1 is 1.35 bits per heavy atom. The summed E-state index contributed by atoms with van der Waals surface area (Å²) in [5.74, 6) is 0.329. The van der Waals surface area contributed by atoms with Crippen molar-refractivity contribution in [3.8, 4) is 5.75 Å². The highest BCUT2D eigenvalue weighted by Gasteiger charge is 2.55. The second-order valence-electron chi connectivity index (χ2n) is 5.04. The molecule has 0 bridgehead atoms. The van der Waals surface area contributed by atoms with Crippen LogP contribution in [0.4, 0.5) is 0 Å². The van der Waals surface area contributed by atoms with Crippen molar-refractivity contribution < 1.29 is 18.7 Å². The van der Waals surface area contributed by atoms with E-state index in [1.807, 2.05) is 6.92 Å². The van der Waals surface area contributed by atoms with Gasteiger partial charge in [0.2, 0.25) is 0 Å². The van der Waals surface area contributed by atoms with Gasteiger partial charge in [-0.2, -0.15) is 0 Å². The van der Waals surface area contributed by atoms with Crippen molar-refractivity contribution in [1.29, 1.82) is 0 Å². The molecule has 5 nitrogen and oxygen atoms in total. The van der Waals surface area contributed by atoms with Crippen LogP contribution in [0.25, 0.3) is 11.0 Å². The van der Waals surface area contributed by atoms with Gasteiger partial charge in [0.1, 0.15) is 11.3 Å². The Morgan fingerprint density at radius 2 is 2.05 bits per heavy atom. The van der Waals surface area contributed by atoms with Crippen molar-refractivity contribution in [3.05, 3.63) is 40.2 Å². The van der Waals surface area contributed by atoms with E-state index >= 15 is 0 Å². The summed E-state index contributed by atoms with van der Waals surface area (Å²) >= 11 is 0. The van der Waals surface area contributed by atoms with Gasteiger partial charge in [0.15, 0.2) is 11.4 Å². The Labute approximate surface area is 115 Å². The van der Waals surface area contributed by atoms with Gasteiger partial charge in [0.05, 0.1) is 13.2 Å². The van der Waals surface area contributed by atoms with Crippen LogP contribution in [0.15, 0.2) is 33.5 Å². The Balaban J connectivity index is 2.23. The average molecular weight is 274 g/mol. The summed E-state index contributed by atoms with van der Waals surface area (Å²) in [7, 11) is 1.49. The summed E-state index contributed by atoms with van der Waals surface area (Å²) in [6, 6.07) is 6.12. The molecule has 5 heteroatoms. The molecule has 1 aromatic heterocycles. The highest BCUT2D eigenvalue weighted by molar-refractivity contribution is 6.12. The largest absolute Gasteiger partial charge is 0.497 e. The van der Waals surface area contributed by atoms with Crippen LogP contribution < -0.4 is 10.4 Å². The number of ether oxygens (including phenoxy) is 2. The number of benzene rings is 1. The third kappa shape index (κ3) is 1.82. The second kappa shape index (κ2) is 4.18. The topological polar surface area (TPSA) is 69.0 Å². The molecule has 3 rings (SSSR count). The van der Waals surface area contributed by atoms with E-state index in [0.717, 1.165) is 0 Å². The molecule has 104 valence electrons. The Morgan fingerprint density at radius 3 is 2.65 bits per heavy atom. The number of hydrogen-bond acceptors (Lipinski definition) is 5. The van der Waals surface area contributed by atoms with Crippen molar-refractivity contribution >= 4 is 16.8 Å². The molecule has 2 aromatic rings. The molecule has 1 saturated heterocycles. The van der Waals surface area contributed by atoms with E-state index in [2.05, 4.69) is 0 Å². The molecule has 2 heterocycles. The quantitative estimate of drug-likeness (QED) is 0.487. The molecule has 0 N–H and O–H groups in total. The van der Waals surface area contributed by atoms with Gasteiger partial charge < -0.3 is 13.9 Å². The normalized spacial score (nSPS) is 24.6. The van der Waals surface area contributed by atoms with Crippen LogP contribution in [0.3, 0.4) is 0 Å². The van der Waals surface area contributed by atoms with Gasteiger partial charge in [0, 0.05) is 23.1 Å². The van der Waals surface area contributed by atoms with E-state index in [1.54, 1.807) is 25.1 Å². The number of Topliss-reactive ketones (excluding diaryl/α,β-unsaturated/α-hetero) is 1. The highest BCUT2D eigenvalue weighted by atomic mass is 16.6. The summed E-state index contributed by atoms with van der Waals surface area (Å²) in [5, 5.41) is 0.583. The number of fused-ring (bicyclic) bond motifs is 1. The maximum absolute atomic E-state index is 12.6. The zero-order valence-electron chi connectivity index (χ0n) is 11.4. The van der Waals surface area contributed by atoms with Crippen molar-refractivity contribution in [2.75, 3.05) is 7.11 Å². The minimum Gasteiger partial charge on any atom is -0.497 e. The van der Waals surface area contributed by atoms with E-state index in [4.69, 9.17) is 13.9 Å². The number of methoxy groups -OCH3 is 1. The van der Waals surface area contributed by atoms with Gasteiger partial charge >= 0.3 is 5.63 Å². The summed E-state index contributed by atoms with van der Waals surface area (Å²) in [5.41, 5.74) is -0.506. The van der Waals surface area contributed by atoms with Gasteiger partial charge in [-0.25, -0.2) is 4.79 Å². The number of epoxide rings is 1. The maximum Gasteiger partial charge on any atom is 0.336 e. The van der Waals surface area contributed by atoms with Crippen molar-refractivity contribution in [2.24, 2.45) is 0 Å². The summed E-state index contributed by atoms with van der Waals surface area (Å²) < 4.78 is 15.7. The molecule has 1 aliphatic rings. The lowest BCUT2D eigenvalue weighted by molar-refractivity contribution is 0.0889. The van der Waals surface area contributed by atoms with Crippen LogP contribution in [0.2, 0.25) is 0 Å². The Kier molecular flexibility index (Phi) is 2.69. The molecule has 1 fully saturated rings. The zero-order chi connectivity index (χ0) is 14.5. The molecule has 2 atom stereocenters. The van der Waals surface area contributed by atoms with E-state index in [0.29, 0.717) is 22.3 Å². The van der Waals surface area contributed by atoms with Crippen molar-refractivity contribution in [2.45, 2.75) is 25.6 Å². The lowest BCUT2D eigenvalue weighted by Gasteiger charge is -2.10. The molecule has 0 unspecified atom stereocenters. The third-order valence-electron chi connectivity index (χ3n) is 3.78. The molecule has 1 aromatic carbocycles. The smallest absolute Gasteiger partial charge is 0.336 e. The van der Waals surface area contributed by atoms with Crippen LogP contribution in [0.5, 0.6) is 5.75 Å². The van der Waals surface area contributed by atoms with Crippen molar-refractivity contribution in [3.63, 3.8) is 0 Å². The molecule has 0 saturated carbocycles. The minimum absolute atomic E-state index is 0.119. The predicted octanol–water partition coefficient (Wildman–Crippen LogP) is 2.16. The van der Waals surface area contributed by atoms with Crippen molar-refractivity contribution in [1.82, 2.24) is 0 Å². The van der Waals surface area contributed by atoms with Gasteiger partial charge in [-0.05, 0) is 26.0 Å². The number of hydrogen-bond donors (Lipinski definition) is 0. The van der Waals surface area contributed by atoms with E-state index in [1.165, 1.54) is 13.2 Å². The monoisotopic (exact) mass is 274 g/mol. The first-order valence-electron chi connectivity index (χ1n) is 6.30. The Hall–Kier alpha value is -2.14. The van der Waals surface area contributed by atoms with Gasteiger partial charge in [-0.15, -0.1) is 0 Å². The van der Waals surface area contributed by atoms with Gasteiger partial charge in [0.25, 0.3) is 0 Å². The first kappa shape index (κ1) is 12.9. The summed E-state index contributed by atoms with van der Waals surface area (Å²) in [4.78, 5) is 23.9. The first-order valence-corrected chi connectivity index (χ1v) is 6.30. The molecular weight excluding hydrogens is 260 g/mol. The molecule has 1 aliphatic heterocycles. The fourth-order valence-electron chi connectivity index (χ4n) is 2.30. The van der Waals surface area contributed by atoms with Gasteiger partial charge in [-0.1, -0.05) is 0 Å². The summed E-state index contributed by atoms with van der Waals surface area (Å²) in [6.45, 7) is 3.60. The van der Waals surface area contributed by atoms with Crippen LogP contribution in [-0.2, 0) is 4.74 Å². The second-order valence-corrected chi connectivity index (χ2v) is 5.04. The fourth-order valence-corrected chi connectivity index (χ4v) is 2.30. The third-order valence-corrected chi connectivity index (χ3v) is 3.78. The van der Waals surface area contributed by atoms with E-state index < -0.39 is 11.2 Å². The fraction of sp³-hybridized carbons (Fsp3) is 0.333. The number of rotatable bonds is 3. The molecule has 20 heavy (non-hydrogen) atoms. The maximum atomic E-state index is 12.6. The Bertz CT molecular complexity index is 760. The number of carbonyl (C=O) groups excluding carboxylic acids is 1. The average Bonchev–Trinajstić information content (AvgIpc) is 3.05. The standard InChI is InChI=1S/C15H14O5/c1-8-15(2,20-8)14(17)11-6-9(18-3)7-12-10(11)4-5-13(16)19-12/h4-8H,1-3H3/t8-,15-/m1/s1. The molecular formula is C15H14O5. The number of ketones is 1. The van der Waals surface area contributed by atoms with Crippen LogP contribution in [-0.4, -0.2) is 24.6 Å². The van der Waals surface area contributed by atoms with Crippen LogP contribution in [0.1, 0.15) is 24.2 Å². The number of carbonyl (C=O) groups is 1. The zero-order valence-corrected chi connectivity index (χ0v) is 11.4. The molecule has 0 aliphatic carbocycles. The van der Waals surface area contributed by atoms with E-state index in [-0.39, 0.29) is 11.9 Å². The molecule has 0 amide bonds. The van der Waals surface area contributed by atoms with Gasteiger partial charge in [-0.3, -0.25) is 4.79 Å². The van der Waals surface area contributed by atoms with E-state index in [9.17, 15) is 9.59 Å². The SMILES string of the molecule is COc1cc(C(=O)[C@]2(C)O[C@@H]2C)c2ccc(=O)oc2c1. The minimum atomic E-state index is -0.810. The molecule has 0 radical (unpaired) electrons. The first-order chi connectivity index (χ1) is 9.45. The van der Waals surface area contributed by atoms with Crippen LogP contribution in [0, 0.1) is 0 Å². The molecule has 0 spiro atoms. The lowest BCUT2D eigenvalue weighted by Crippen LogP contribution is -2.23. The lowest BCUT2D eigenvalue weighted by atomic mass is 9.94. The highest BCUT2D eigenvalue weighted by Crippen LogP contribution is 2.40. The predicted molar refractivity (Wildman–Crippen MR) is 72.3 cm³/mol. The summed E-state index contributed by atoms with van der Waals surface area (Å²) in [6.07, 6.45) is -0.119. The van der Waals surface area contributed by atoms with Crippen LogP contribution >= 0.6 is 0 Å².